The Bertz CT molecular complexity index is 531. The molecule has 0 amide bonds. The van der Waals surface area contributed by atoms with Gasteiger partial charge in [-0.05, 0) is 55.9 Å². The number of halogens is 1. The van der Waals surface area contributed by atoms with Gasteiger partial charge in [-0.25, -0.2) is 4.39 Å². The van der Waals surface area contributed by atoms with E-state index in [4.69, 9.17) is 0 Å². The van der Waals surface area contributed by atoms with E-state index in [1.807, 2.05) is 0 Å². The second kappa shape index (κ2) is 13.7. The Morgan fingerprint density at radius 1 is 1.03 bits per heavy atom. The quantitative estimate of drug-likeness (QED) is 0.255. The van der Waals surface area contributed by atoms with Gasteiger partial charge in [0.1, 0.15) is 6.67 Å². The molecule has 2 unspecified atom stereocenters. The highest BCUT2D eigenvalue weighted by molar-refractivity contribution is 5.36. The van der Waals surface area contributed by atoms with Gasteiger partial charge in [0.15, 0.2) is 0 Å². The first-order chi connectivity index (χ1) is 14.7. The van der Waals surface area contributed by atoms with Gasteiger partial charge in [0, 0.05) is 25.0 Å². The zero-order valence-electron chi connectivity index (χ0n) is 20.7. The van der Waals surface area contributed by atoms with E-state index in [1.165, 1.54) is 82.6 Å². The molecule has 30 heavy (non-hydrogen) atoms. The van der Waals surface area contributed by atoms with E-state index >= 15 is 0 Å². The lowest BCUT2D eigenvalue weighted by Crippen LogP contribution is -2.53. The zero-order valence-corrected chi connectivity index (χ0v) is 20.7. The van der Waals surface area contributed by atoms with Crippen LogP contribution >= 0.6 is 0 Å². The van der Waals surface area contributed by atoms with Crippen LogP contribution in [0.5, 0.6) is 0 Å². The van der Waals surface area contributed by atoms with Crippen molar-refractivity contribution in [2.75, 3.05) is 26.3 Å². The van der Waals surface area contributed by atoms with Crippen LogP contribution in [0.1, 0.15) is 111 Å². The Balaban J connectivity index is 2.52. The van der Waals surface area contributed by atoms with E-state index in [2.05, 4.69) is 44.7 Å². The van der Waals surface area contributed by atoms with Crippen molar-refractivity contribution in [2.45, 2.75) is 111 Å². The molecule has 1 saturated carbocycles. The predicted octanol–water partition coefficient (Wildman–Crippen LogP) is 8.51. The molecule has 174 valence electrons. The summed E-state index contributed by atoms with van der Waals surface area (Å²) in [5, 5.41) is 0. The molecule has 2 heteroatoms. The summed E-state index contributed by atoms with van der Waals surface area (Å²) in [7, 11) is 0. The van der Waals surface area contributed by atoms with E-state index in [9.17, 15) is 4.39 Å². The highest BCUT2D eigenvalue weighted by Crippen LogP contribution is 2.56. The third-order valence-electron chi connectivity index (χ3n) is 7.99. The molecule has 0 N–H and O–H groups in total. The summed E-state index contributed by atoms with van der Waals surface area (Å²) in [6.07, 6.45) is 21.9. The molecule has 1 heterocycles. The van der Waals surface area contributed by atoms with Crippen LogP contribution in [0.25, 0.3) is 0 Å². The molecule has 2 atom stereocenters. The van der Waals surface area contributed by atoms with E-state index in [-0.39, 0.29) is 12.1 Å². The van der Waals surface area contributed by atoms with E-state index in [0.717, 1.165) is 31.3 Å². The van der Waals surface area contributed by atoms with Crippen molar-refractivity contribution in [1.29, 1.82) is 0 Å². The number of hydrogen-bond acceptors (Lipinski definition) is 1. The summed E-state index contributed by atoms with van der Waals surface area (Å²) >= 11 is 0. The summed E-state index contributed by atoms with van der Waals surface area (Å²) in [5.41, 5.74) is 3.55. The minimum absolute atomic E-state index is 0.220. The Kier molecular flexibility index (Phi) is 11.7. The van der Waals surface area contributed by atoms with Gasteiger partial charge in [-0.2, -0.15) is 0 Å². The number of allylic oxidation sites excluding steroid dienone is 1. The maximum Gasteiger partial charge on any atom is 0.102 e. The molecule has 0 aromatic heterocycles. The predicted molar refractivity (Wildman–Crippen MR) is 131 cm³/mol. The Hall–Kier alpha value is -0.630. The minimum atomic E-state index is -0.220. The van der Waals surface area contributed by atoms with Gasteiger partial charge in [-0.3, -0.25) is 4.90 Å². The monoisotopic (exact) mass is 419 g/mol. The second-order valence-corrected chi connectivity index (χ2v) is 9.92. The third-order valence-corrected chi connectivity index (χ3v) is 7.99. The Morgan fingerprint density at radius 2 is 1.80 bits per heavy atom. The average Bonchev–Trinajstić information content (AvgIpc) is 3.29. The maximum atomic E-state index is 13.5. The maximum absolute atomic E-state index is 13.5. The molecule has 2 rings (SSSR count). The highest BCUT2D eigenvalue weighted by Gasteiger charge is 2.50. The molecule has 0 radical (unpaired) electrons. The molecule has 0 aromatic carbocycles. The molecule has 0 spiro atoms. The van der Waals surface area contributed by atoms with Crippen LogP contribution in [-0.2, 0) is 0 Å². The lowest BCUT2D eigenvalue weighted by molar-refractivity contribution is 0.0329. The van der Waals surface area contributed by atoms with Gasteiger partial charge < -0.3 is 0 Å². The summed E-state index contributed by atoms with van der Waals surface area (Å²) in [5.74, 6) is 1.55. The molecular formula is C28H50FN. The normalized spacial score (nSPS) is 25.0. The van der Waals surface area contributed by atoms with Crippen LogP contribution in [0.2, 0.25) is 0 Å². The van der Waals surface area contributed by atoms with Crippen LogP contribution < -0.4 is 0 Å². The second-order valence-electron chi connectivity index (χ2n) is 9.92. The van der Waals surface area contributed by atoms with Crippen molar-refractivity contribution >= 4 is 0 Å². The average molecular weight is 420 g/mol. The highest BCUT2D eigenvalue weighted by atomic mass is 19.1. The summed E-state index contributed by atoms with van der Waals surface area (Å²) < 4.78 is 13.5. The third kappa shape index (κ3) is 6.21. The van der Waals surface area contributed by atoms with Crippen molar-refractivity contribution in [3.05, 3.63) is 23.3 Å². The molecular weight excluding hydrogens is 369 g/mol. The van der Waals surface area contributed by atoms with Crippen molar-refractivity contribution < 1.29 is 4.39 Å². The van der Waals surface area contributed by atoms with Gasteiger partial charge in [-0.1, -0.05) is 90.4 Å². The lowest BCUT2D eigenvalue weighted by Gasteiger charge is -2.54. The molecule has 1 aliphatic heterocycles. The summed E-state index contributed by atoms with van der Waals surface area (Å²) in [4.78, 5) is 2.47. The molecule has 1 nitrogen and oxygen atoms in total. The van der Waals surface area contributed by atoms with E-state index in [1.54, 1.807) is 5.57 Å². The Morgan fingerprint density at radius 3 is 2.40 bits per heavy atom. The first-order valence-corrected chi connectivity index (χ1v) is 13.3. The van der Waals surface area contributed by atoms with Crippen molar-refractivity contribution in [3.63, 3.8) is 0 Å². The topological polar surface area (TPSA) is 3.24 Å². The number of unbranched alkanes of at least 4 members (excludes halogenated alkanes) is 3. The van der Waals surface area contributed by atoms with Crippen LogP contribution in [-0.4, -0.2) is 31.2 Å². The van der Waals surface area contributed by atoms with Crippen molar-refractivity contribution in [3.8, 4) is 0 Å². The first kappa shape index (κ1) is 25.6. The lowest BCUT2D eigenvalue weighted by atomic mass is 9.56. The van der Waals surface area contributed by atoms with Gasteiger partial charge in [0.05, 0.1) is 0 Å². The fraction of sp³-hybridized carbons (Fsp3) is 0.857. The Labute approximate surface area is 187 Å². The molecule has 0 saturated heterocycles. The molecule has 1 fully saturated rings. The molecule has 2 aliphatic rings. The first-order valence-electron chi connectivity index (χ1n) is 13.3. The fourth-order valence-electron chi connectivity index (χ4n) is 6.75. The van der Waals surface area contributed by atoms with Gasteiger partial charge in [0.2, 0.25) is 0 Å². The van der Waals surface area contributed by atoms with Crippen molar-refractivity contribution in [1.82, 2.24) is 4.90 Å². The number of nitrogens with zero attached hydrogens (tertiary/aromatic N) is 1. The minimum Gasteiger partial charge on any atom is -0.296 e. The van der Waals surface area contributed by atoms with Crippen molar-refractivity contribution in [2.24, 2.45) is 17.3 Å². The van der Waals surface area contributed by atoms with E-state index < -0.39 is 0 Å². The summed E-state index contributed by atoms with van der Waals surface area (Å²) in [6.45, 7) is 11.7. The summed E-state index contributed by atoms with van der Waals surface area (Å²) in [6, 6.07) is 0. The van der Waals surface area contributed by atoms with Crippen LogP contribution in [0.15, 0.2) is 23.3 Å². The van der Waals surface area contributed by atoms with E-state index in [0.29, 0.717) is 6.54 Å². The molecule has 0 aromatic rings. The zero-order chi connectivity index (χ0) is 21.8. The van der Waals surface area contributed by atoms with Crippen LogP contribution in [0, 0.1) is 17.3 Å². The van der Waals surface area contributed by atoms with Gasteiger partial charge in [-0.15, -0.1) is 0 Å². The van der Waals surface area contributed by atoms with Crippen LogP contribution in [0.3, 0.4) is 0 Å². The van der Waals surface area contributed by atoms with Crippen LogP contribution in [0.4, 0.5) is 4.39 Å². The molecule has 0 bridgehead atoms. The molecule has 1 aliphatic carbocycles. The number of alkyl halides is 1. The SMILES string of the molecule is CC/C=C\C1=C(CC)C(C(CCC)CCCCCC)(C2CCCC2)CN(CCF)C1. The van der Waals surface area contributed by atoms with Gasteiger partial charge >= 0.3 is 0 Å². The van der Waals surface area contributed by atoms with Gasteiger partial charge in [0.25, 0.3) is 0 Å². The standard InChI is InChI=1S/C28H50FN/c1-5-9-11-12-17-25(15-7-3)28(26-18-13-14-19-26)23-30(21-20-29)22-24(16-10-6-2)27(28)8-4/h10,16,25-26H,5-9,11-15,17-23H2,1-4H3/b16-10-. The fourth-order valence-corrected chi connectivity index (χ4v) is 6.75. The largest absolute Gasteiger partial charge is 0.296 e. The smallest absolute Gasteiger partial charge is 0.102 e. The number of hydrogen-bond donors (Lipinski definition) is 0. The number of rotatable bonds is 14.